The minimum atomic E-state index is 0.0210. The number of rotatable bonds is 5. The zero-order chi connectivity index (χ0) is 16.9. The number of phenolic OH excluding ortho intramolecular Hbond substituents is 1. The van der Waals surface area contributed by atoms with E-state index in [9.17, 15) is 5.11 Å². The lowest BCUT2D eigenvalue weighted by Crippen LogP contribution is -1.88. The lowest BCUT2D eigenvalue weighted by molar-refractivity contribution is -0.432. The third kappa shape index (κ3) is 3.47. The van der Waals surface area contributed by atoms with E-state index in [1.165, 1.54) is 6.07 Å². The first kappa shape index (κ1) is 16.2. The molecular weight excluding hydrogens is 330 g/mol. The van der Waals surface area contributed by atoms with E-state index in [-0.39, 0.29) is 5.75 Å². The maximum atomic E-state index is 10.2. The zero-order valence-corrected chi connectivity index (χ0v) is 13.1. The molecule has 0 saturated carbocycles. The second-order valence-electron chi connectivity index (χ2n) is 4.80. The number of azo groups is 1. The van der Waals surface area contributed by atoms with Gasteiger partial charge in [0.05, 0.1) is 23.4 Å². The molecule has 0 aliphatic carbocycles. The van der Waals surface area contributed by atoms with Gasteiger partial charge in [-0.1, -0.05) is 23.2 Å². The van der Waals surface area contributed by atoms with Gasteiger partial charge in [-0.3, -0.25) is 0 Å². The van der Waals surface area contributed by atoms with Crippen molar-refractivity contribution in [2.75, 3.05) is 5.73 Å². The van der Waals surface area contributed by atoms with E-state index in [1.807, 2.05) is 30.3 Å². The van der Waals surface area contributed by atoms with Gasteiger partial charge in [0.2, 0.25) is 0 Å². The number of anilines is 1. The fourth-order valence-electron chi connectivity index (χ4n) is 2.21. The summed E-state index contributed by atoms with van der Waals surface area (Å²) in [7, 11) is 0. The summed E-state index contributed by atoms with van der Waals surface area (Å²) in [5.74, 6) is 0.0210. The quantitative estimate of drug-likeness (QED) is 0.198. The normalized spacial score (nSPS) is 11.4. The maximum Gasteiger partial charge on any atom is 0.124 e. The molecule has 0 saturated heterocycles. The number of hydrogen-bond donors (Lipinski definition) is 3. The summed E-state index contributed by atoms with van der Waals surface area (Å²) in [5, 5.41) is 31.6. The monoisotopic (exact) mass is 343 g/mol. The molecule has 0 radical (unpaired) electrons. The number of aromatic hydroxyl groups is 1. The largest absolute Gasteiger partial charge is 0.507 e. The summed E-state index contributed by atoms with van der Waals surface area (Å²) < 4.78 is 4.40. The van der Waals surface area contributed by atoms with E-state index in [1.54, 1.807) is 18.2 Å². The molecule has 0 spiro atoms. The summed E-state index contributed by atoms with van der Waals surface area (Å²) in [5.41, 5.74) is 7.54. The molecule has 3 aromatic rings. The number of nitrogen functional groups attached to an aromatic ring is 1. The van der Waals surface area contributed by atoms with Crippen molar-refractivity contribution in [2.45, 2.75) is 4.90 Å². The Labute approximate surface area is 141 Å². The highest BCUT2D eigenvalue weighted by Gasteiger charge is 2.11. The number of benzene rings is 3. The van der Waals surface area contributed by atoms with Crippen molar-refractivity contribution in [2.24, 2.45) is 10.2 Å². The van der Waals surface area contributed by atoms with Crippen molar-refractivity contribution in [1.29, 1.82) is 0 Å². The number of nitrogens with two attached hydrogens (primary N) is 1. The lowest BCUT2D eigenvalue weighted by Gasteiger charge is -2.08. The summed E-state index contributed by atoms with van der Waals surface area (Å²) in [6.45, 7) is 0. The Bertz CT molecular complexity index is 887. The lowest BCUT2D eigenvalue weighted by atomic mass is 10.1. The molecule has 0 aliphatic rings. The van der Waals surface area contributed by atoms with E-state index in [2.05, 4.69) is 19.6 Å². The highest BCUT2D eigenvalue weighted by atomic mass is 32.2. The molecule has 0 amide bonds. The van der Waals surface area contributed by atoms with Crippen molar-refractivity contribution in [1.82, 2.24) is 0 Å². The van der Waals surface area contributed by atoms with Crippen LogP contribution in [0.15, 0.2) is 69.7 Å². The van der Waals surface area contributed by atoms with Gasteiger partial charge in [0.25, 0.3) is 0 Å². The van der Waals surface area contributed by atoms with Crippen LogP contribution in [0.3, 0.4) is 0 Å². The zero-order valence-electron chi connectivity index (χ0n) is 12.3. The SMILES string of the molecule is Nc1ccc2c(O)cc(SOOO)cc2c1/N=N/c1ccccc1. The Morgan fingerprint density at radius 3 is 2.50 bits per heavy atom. The summed E-state index contributed by atoms with van der Waals surface area (Å²) in [6, 6.07) is 15.7. The molecule has 0 fully saturated rings. The molecule has 3 rings (SSSR count). The molecule has 0 atom stereocenters. The third-order valence-electron chi connectivity index (χ3n) is 3.27. The molecular formula is C16H13N3O4S. The van der Waals surface area contributed by atoms with Gasteiger partial charge >= 0.3 is 0 Å². The van der Waals surface area contributed by atoms with Crippen molar-refractivity contribution >= 4 is 39.9 Å². The van der Waals surface area contributed by atoms with Gasteiger partial charge in [0, 0.05) is 15.7 Å². The van der Waals surface area contributed by atoms with Crippen LogP contribution in [0.2, 0.25) is 0 Å². The van der Waals surface area contributed by atoms with Gasteiger partial charge in [-0.05, 0) is 36.4 Å². The Balaban J connectivity index is 2.09. The minimum Gasteiger partial charge on any atom is -0.507 e. The first-order chi connectivity index (χ1) is 11.7. The van der Waals surface area contributed by atoms with Gasteiger partial charge in [0.15, 0.2) is 0 Å². The minimum absolute atomic E-state index is 0.0210. The molecule has 122 valence electrons. The van der Waals surface area contributed by atoms with Gasteiger partial charge in [0.1, 0.15) is 11.4 Å². The molecule has 3 aromatic carbocycles. The maximum absolute atomic E-state index is 10.2. The molecule has 4 N–H and O–H groups in total. The molecule has 0 unspecified atom stereocenters. The van der Waals surface area contributed by atoms with E-state index < -0.39 is 0 Å². The smallest absolute Gasteiger partial charge is 0.124 e. The van der Waals surface area contributed by atoms with Crippen LogP contribution in [-0.4, -0.2) is 10.4 Å². The highest BCUT2D eigenvalue weighted by molar-refractivity contribution is 7.94. The Morgan fingerprint density at radius 2 is 1.75 bits per heavy atom. The van der Waals surface area contributed by atoms with Gasteiger partial charge < -0.3 is 10.8 Å². The highest BCUT2D eigenvalue weighted by Crippen LogP contribution is 2.40. The third-order valence-corrected chi connectivity index (χ3v) is 3.83. The van der Waals surface area contributed by atoms with Crippen molar-refractivity contribution in [3.05, 3.63) is 54.6 Å². The second-order valence-corrected chi connectivity index (χ2v) is 5.58. The topological polar surface area (TPSA) is 110 Å². The molecule has 0 heterocycles. The van der Waals surface area contributed by atoms with Crippen molar-refractivity contribution < 1.29 is 19.7 Å². The Morgan fingerprint density at radius 1 is 0.958 bits per heavy atom. The van der Waals surface area contributed by atoms with Crippen LogP contribution in [-0.2, 0) is 9.37 Å². The van der Waals surface area contributed by atoms with E-state index >= 15 is 0 Å². The van der Waals surface area contributed by atoms with Crippen molar-refractivity contribution in [3.8, 4) is 5.75 Å². The summed E-state index contributed by atoms with van der Waals surface area (Å²) >= 11 is 0.733. The number of nitrogens with zero attached hydrogens (tertiary/aromatic N) is 2. The van der Waals surface area contributed by atoms with Gasteiger partial charge in [-0.25, -0.2) is 5.26 Å². The van der Waals surface area contributed by atoms with E-state index in [0.717, 1.165) is 12.0 Å². The Hall–Kier alpha value is -2.65. The van der Waals surface area contributed by atoms with Gasteiger partial charge in [-0.15, -0.1) is 9.45 Å². The predicted molar refractivity (Wildman–Crippen MR) is 91.3 cm³/mol. The predicted octanol–water partition coefficient (Wildman–Crippen LogP) is 4.97. The first-order valence-electron chi connectivity index (χ1n) is 6.86. The number of phenols is 1. The van der Waals surface area contributed by atoms with Crippen LogP contribution in [0, 0.1) is 0 Å². The fraction of sp³-hybridized carbons (Fsp3) is 0. The molecule has 0 bridgehead atoms. The molecule has 0 aromatic heterocycles. The average Bonchev–Trinajstić information content (AvgIpc) is 2.60. The molecule has 7 nitrogen and oxygen atoms in total. The first-order valence-corrected chi connectivity index (χ1v) is 7.60. The van der Waals surface area contributed by atoms with Crippen LogP contribution >= 0.6 is 12.0 Å². The van der Waals surface area contributed by atoms with Crippen LogP contribution in [0.5, 0.6) is 5.75 Å². The van der Waals surface area contributed by atoms with Crippen LogP contribution in [0.1, 0.15) is 0 Å². The van der Waals surface area contributed by atoms with Gasteiger partial charge in [-0.2, -0.15) is 5.11 Å². The van der Waals surface area contributed by atoms with Crippen molar-refractivity contribution in [3.63, 3.8) is 0 Å². The van der Waals surface area contributed by atoms with E-state index in [0.29, 0.717) is 32.7 Å². The fourth-order valence-corrected chi connectivity index (χ4v) is 2.64. The van der Waals surface area contributed by atoms with E-state index in [4.69, 9.17) is 11.0 Å². The Kier molecular flexibility index (Phi) is 4.92. The summed E-state index contributed by atoms with van der Waals surface area (Å²) in [4.78, 5) is 0.496. The number of hydrogen-bond acceptors (Lipinski definition) is 8. The second kappa shape index (κ2) is 7.28. The molecule has 24 heavy (non-hydrogen) atoms. The summed E-state index contributed by atoms with van der Waals surface area (Å²) in [6.07, 6.45) is 0. The standard InChI is InChI=1S/C16H13N3O4S/c17-14-7-6-12-13(8-11(9-15(12)20)24-23-22-21)16(14)19-18-10-4-2-1-3-5-10/h1-9,20-21H,17H2/b19-18+. The van der Waals surface area contributed by atoms with Crippen LogP contribution in [0.4, 0.5) is 17.1 Å². The molecule has 0 aliphatic heterocycles. The average molecular weight is 343 g/mol. The molecule has 8 heteroatoms. The number of fused-ring (bicyclic) bond motifs is 1. The van der Waals surface area contributed by atoms with Crippen LogP contribution in [0.25, 0.3) is 10.8 Å². The van der Waals surface area contributed by atoms with Crippen LogP contribution < -0.4 is 5.73 Å².